The molecule has 0 radical (unpaired) electrons. The fourth-order valence-electron chi connectivity index (χ4n) is 8.66. The summed E-state index contributed by atoms with van der Waals surface area (Å²) in [5, 5.41) is 30.2. The molecule has 0 saturated heterocycles. The number of rotatable bonds is 27. The Balaban J connectivity index is 1.20. The van der Waals surface area contributed by atoms with Gasteiger partial charge in [-0.25, -0.2) is 0 Å². The van der Waals surface area contributed by atoms with Crippen molar-refractivity contribution < 1.29 is 67.4 Å². The van der Waals surface area contributed by atoms with E-state index in [0.717, 1.165) is 11.1 Å². The summed E-state index contributed by atoms with van der Waals surface area (Å²) < 4.78 is 34.7. The lowest BCUT2D eigenvalue weighted by atomic mass is 9.99. The molecule has 4 aromatic carbocycles. The quantitative estimate of drug-likeness (QED) is 0.0278. The molecule has 2 aliphatic rings. The predicted octanol–water partition coefficient (Wildman–Crippen LogP) is 4.14. The van der Waals surface area contributed by atoms with E-state index in [9.17, 15) is 39.0 Å². The van der Waals surface area contributed by atoms with E-state index in [-0.39, 0.29) is 76.8 Å². The highest BCUT2D eigenvalue weighted by Gasteiger charge is 2.45. The lowest BCUT2D eigenvalue weighted by Crippen LogP contribution is -2.57. The van der Waals surface area contributed by atoms with E-state index < -0.39 is 96.5 Å². The van der Waals surface area contributed by atoms with Gasteiger partial charge in [0, 0.05) is 25.7 Å². The summed E-state index contributed by atoms with van der Waals surface area (Å²) in [4.78, 5) is 80.3. The van der Waals surface area contributed by atoms with E-state index in [1.165, 1.54) is 0 Å². The number of hydrogen-bond acceptors (Lipinski definition) is 16. The third-order valence-electron chi connectivity index (χ3n) is 13.1. The van der Waals surface area contributed by atoms with Crippen LogP contribution in [-0.2, 0) is 83.2 Å². The summed E-state index contributed by atoms with van der Waals surface area (Å²) in [6.45, 7) is 6.69. The van der Waals surface area contributed by atoms with Crippen molar-refractivity contribution >= 4 is 35.7 Å². The van der Waals surface area contributed by atoms with Crippen molar-refractivity contribution in [1.29, 1.82) is 0 Å². The fourth-order valence-corrected chi connectivity index (χ4v) is 8.66. The third kappa shape index (κ3) is 15.7. The average Bonchev–Trinajstić information content (AvgIpc) is 3.91. The number of ether oxygens (including phenoxy) is 6. The first kappa shape index (κ1) is 56.8. The van der Waals surface area contributed by atoms with Gasteiger partial charge in [0.1, 0.15) is 36.5 Å². The maximum atomic E-state index is 14.7. The minimum atomic E-state index is -2.11. The number of nitrogens with two attached hydrogens (primary N) is 2. The molecule has 0 bridgehead atoms. The van der Waals surface area contributed by atoms with Crippen LogP contribution in [-0.4, -0.2) is 108 Å². The number of carbonyl (C=O) groups excluding carboxylic acids is 6. The average molecular weight is 1020 g/mol. The molecule has 8 N–H and O–H groups in total. The molecular weight excluding hydrogens is 953 g/mol. The molecule has 0 heterocycles. The Kier molecular flexibility index (Phi) is 21.2. The molecule has 18 nitrogen and oxygen atoms in total. The second kappa shape index (κ2) is 27.7. The van der Waals surface area contributed by atoms with Gasteiger partial charge >= 0.3 is 23.9 Å². The van der Waals surface area contributed by atoms with Gasteiger partial charge in [0.25, 0.3) is 11.8 Å². The second-order valence-electron chi connectivity index (χ2n) is 19.3. The highest BCUT2D eigenvalue weighted by Crippen LogP contribution is 2.36. The number of benzene rings is 4. The van der Waals surface area contributed by atoms with Crippen molar-refractivity contribution in [2.24, 2.45) is 23.3 Å². The zero-order chi connectivity index (χ0) is 53.3. The van der Waals surface area contributed by atoms with Gasteiger partial charge < -0.3 is 60.7 Å². The van der Waals surface area contributed by atoms with Crippen LogP contribution in [0.15, 0.2) is 109 Å². The molecule has 0 aromatic heterocycles. The molecule has 6 rings (SSSR count). The van der Waals surface area contributed by atoms with Gasteiger partial charge in [-0.3, -0.25) is 28.8 Å². The normalized spacial score (nSPS) is 19.2. The maximum absolute atomic E-state index is 14.7. The molecular formula is C56H70N4O14. The van der Waals surface area contributed by atoms with E-state index in [1.807, 2.05) is 24.3 Å². The van der Waals surface area contributed by atoms with Crippen LogP contribution < -0.4 is 22.1 Å². The Labute approximate surface area is 431 Å². The SMILES string of the molecule is CC(C)C(N)C(=O)OCCCC(=O)OC1Cc2ccccc2C1NC(=O)C(OCc1ccccc1)C(O)C(O)C(OCc1ccccc1)C(=O)NC1c2ccccc2CC1OC(=O)CCCOC(=O)C(N)C(C)C. The Morgan fingerprint density at radius 2 is 0.892 bits per heavy atom. The molecule has 0 saturated carbocycles. The standard InChI is InChI=1S/C56H70N4O14/c1-33(2)45(57)55(67)69-27-15-25-43(61)73-41-29-37-21-11-13-23-39(37)47(41)59-53(65)51(71-31-35-17-7-5-8-18-35)49(63)50(64)52(72-32-36-19-9-6-10-20-36)54(66)60-48-40-24-14-12-22-38(40)30-42(48)74-44(62)26-16-28-70-56(68)46(58)34(3)4/h5-14,17-24,33-34,41-42,45-52,63-64H,15-16,25-32,57-58H2,1-4H3,(H,59,65)(H,60,66). The van der Waals surface area contributed by atoms with Gasteiger partial charge in [0.2, 0.25) is 0 Å². The van der Waals surface area contributed by atoms with Crippen LogP contribution in [0, 0.1) is 11.8 Å². The van der Waals surface area contributed by atoms with Crippen molar-refractivity contribution in [3.8, 4) is 0 Å². The highest BCUT2D eigenvalue weighted by atomic mass is 16.6. The van der Waals surface area contributed by atoms with Crippen LogP contribution in [0.1, 0.15) is 98.8 Å². The number of esters is 4. The van der Waals surface area contributed by atoms with Crippen LogP contribution in [0.2, 0.25) is 0 Å². The van der Waals surface area contributed by atoms with Gasteiger partial charge in [0.15, 0.2) is 12.2 Å². The van der Waals surface area contributed by atoms with Gasteiger partial charge in [-0.2, -0.15) is 0 Å². The minimum absolute atomic E-state index is 0.0491. The summed E-state index contributed by atoms with van der Waals surface area (Å²) in [5.74, 6) is -4.38. The molecule has 18 heteroatoms. The van der Waals surface area contributed by atoms with Gasteiger partial charge in [-0.15, -0.1) is 0 Å². The zero-order valence-electron chi connectivity index (χ0n) is 42.3. The molecule has 74 heavy (non-hydrogen) atoms. The zero-order valence-corrected chi connectivity index (χ0v) is 42.3. The molecule has 10 unspecified atom stereocenters. The topological polar surface area (TPSA) is 274 Å². The largest absolute Gasteiger partial charge is 0.465 e. The van der Waals surface area contributed by atoms with Crippen molar-refractivity contribution in [2.45, 2.75) is 140 Å². The summed E-state index contributed by atoms with van der Waals surface area (Å²) in [7, 11) is 0. The van der Waals surface area contributed by atoms with Gasteiger partial charge in [-0.05, 0) is 58.1 Å². The summed E-state index contributed by atoms with van der Waals surface area (Å²) in [5.41, 5.74) is 15.9. The summed E-state index contributed by atoms with van der Waals surface area (Å²) >= 11 is 0. The first-order valence-corrected chi connectivity index (χ1v) is 25.2. The van der Waals surface area contributed by atoms with E-state index in [4.69, 9.17) is 39.9 Å². The van der Waals surface area contributed by atoms with Crippen LogP contribution in [0.4, 0.5) is 0 Å². The lowest BCUT2D eigenvalue weighted by Gasteiger charge is -2.33. The molecule has 2 aliphatic carbocycles. The number of fused-ring (bicyclic) bond motifs is 2. The van der Waals surface area contributed by atoms with E-state index >= 15 is 0 Å². The number of aliphatic hydroxyl groups excluding tert-OH is 2. The molecule has 0 spiro atoms. The molecule has 398 valence electrons. The maximum Gasteiger partial charge on any atom is 0.323 e. The Morgan fingerprint density at radius 1 is 0.541 bits per heavy atom. The number of nitrogens with one attached hydrogen (secondary N) is 2. The smallest absolute Gasteiger partial charge is 0.323 e. The van der Waals surface area contributed by atoms with Crippen LogP contribution in [0.5, 0.6) is 0 Å². The van der Waals surface area contributed by atoms with Crippen molar-refractivity contribution in [3.05, 3.63) is 143 Å². The Bertz CT molecular complexity index is 2320. The summed E-state index contributed by atoms with van der Waals surface area (Å²) in [6.07, 6.45) is -9.05. The van der Waals surface area contributed by atoms with E-state index in [2.05, 4.69) is 10.6 Å². The number of carbonyl (C=O) groups is 6. The highest BCUT2D eigenvalue weighted by molar-refractivity contribution is 5.85. The second-order valence-corrected chi connectivity index (χ2v) is 19.3. The van der Waals surface area contributed by atoms with Crippen molar-refractivity contribution in [1.82, 2.24) is 10.6 Å². The summed E-state index contributed by atoms with van der Waals surface area (Å²) in [6, 6.07) is 28.6. The molecule has 0 aliphatic heterocycles. The number of hydrogen-bond donors (Lipinski definition) is 6. The van der Waals surface area contributed by atoms with Crippen molar-refractivity contribution in [3.63, 3.8) is 0 Å². The van der Waals surface area contributed by atoms with Crippen LogP contribution in [0.3, 0.4) is 0 Å². The van der Waals surface area contributed by atoms with Crippen LogP contribution >= 0.6 is 0 Å². The number of aliphatic hydroxyl groups is 2. The predicted molar refractivity (Wildman–Crippen MR) is 270 cm³/mol. The fraction of sp³-hybridized carbons (Fsp3) is 0.464. The Morgan fingerprint density at radius 3 is 1.26 bits per heavy atom. The molecule has 0 fully saturated rings. The first-order chi connectivity index (χ1) is 35.5. The van der Waals surface area contributed by atoms with Crippen molar-refractivity contribution in [2.75, 3.05) is 13.2 Å². The monoisotopic (exact) mass is 1020 g/mol. The van der Waals surface area contributed by atoms with E-state index in [1.54, 1.807) is 113 Å². The third-order valence-corrected chi connectivity index (χ3v) is 13.1. The van der Waals surface area contributed by atoms with Gasteiger partial charge in [-0.1, -0.05) is 137 Å². The van der Waals surface area contributed by atoms with Gasteiger partial charge in [0.05, 0.1) is 38.5 Å². The minimum Gasteiger partial charge on any atom is -0.465 e. The lowest BCUT2D eigenvalue weighted by molar-refractivity contribution is -0.172. The first-order valence-electron chi connectivity index (χ1n) is 25.2. The molecule has 4 aromatic rings. The van der Waals surface area contributed by atoms with E-state index in [0.29, 0.717) is 22.3 Å². The number of amides is 2. The van der Waals surface area contributed by atoms with Crippen LogP contribution in [0.25, 0.3) is 0 Å². The molecule has 10 atom stereocenters. The molecule has 2 amide bonds. The Hall–Kier alpha value is -6.54.